The summed E-state index contributed by atoms with van der Waals surface area (Å²) < 4.78 is 39.6. The maximum absolute atomic E-state index is 14.2. The summed E-state index contributed by atoms with van der Waals surface area (Å²) in [5.41, 5.74) is 2.72. The number of rotatable bonds is 4. The Morgan fingerprint density at radius 2 is 1.53 bits per heavy atom. The van der Waals surface area contributed by atoms with Crippen LogP contribution in [0.2, 0.25) is 0 Å². The Bertz CT molecular complexity index is 1100. The first kappa shape index (κ1) is 25.3. The highest BCUT2D eigenvalue weighted by Gasteiger charge is 2.47. The predicted octanol–water partition coefficient (Wildman–Crippen LogP) is 7.78. The minimum atomic E-state index is -4.45. The van der Waals surface area contributed by atoms with E-state index in [1.54, 1.807) is 0 Å². The van der Waals surface area contributed by atoms with Gasteiger partial charge in [0.15, 0.2) is 11.6 Å². The summed E-state index contributed by atoms with van der Waals surface area (Å²) in [7, 11) is 0. The van der Waals surface area contributed by atoms with Crippen LogP contribution in [-0.2, 0) is 11.0 Å². The monoisotopic (exact) mass is 499 g/mol. The maximum Gasteiger partial charge on any atom is 0.416 e. The van der Waals surface area contributed by atoms with Crippen LogP contribution in [0.5, 0.6) is 0 Å². The molecule has 1 atom stereocenters. The Labute approximate surface area is 211 Å². The Kier molecular flexibility index (Phi) is 6.67. The van der Waals surface area contributed by atoms with Gasteiger partial charge >= 0.3 is 6.18 Å². The van der Waals surface area contributed by atoms with E-state index in [2.05, 4.69) is 19.2 Å². The number of ketones is 2. The summed E-state index contributed by atoms with van der Waals surface area (Å²) >= 11 is 0. The van der Waals surface area contributed by atoms with Crippen LogP contribution in [0.1, 0.15) is 100 Å². The molecule has 0 spiro atoms. The minimum Gasteiger partial charge on any atom is -0.361 e. The van der Waals surface area contributed by atoms with Crippen LogP contribution < -0.4 is 5.32 Å². The Morgan fingerprint density at radius 3 is 2.14 bits per heavy atom. The van der Waals surface area contributed by atoms with Crippen molar-refractivity contribution in [3.05, 3.63) is 57.9 Å². The van der Waals surface area contributed by atoms with Gasteiger partial charge in [-0.25, -0.2) is 0 Å². The van der Waals surface area contributed by atoms with Crippen molar-refractivity contribution in [3.63, 3.8) is 0 Å². The van der Waals surface area contributed by atoms with Gasteiger partial charge in [-0.15, -0.1) is 0 Å². The molecule has 3 nitrogen and oxygen atoms in total. The molecular weight excluding hydrogens is 463 g/mol. The van der Waals surface area contributed by atoms with E-state index >= 15 is 0 Å². The summed E-state index contributed by atoms with van der Waals surface area (Å²) in [6.07, 6.45) is 6.22. The smallest absolute Gasteiger partial charge is 0.361 e. The largest absolute Gasteiger partial charge is 0.416 e. The molecule has 1 aromatic rings. The number of hydrogen-bond acceptors (Lipinski definition) is 3. The van der Waals surface area contributed by atoms with Crippen molar-refractivity contribution in [2.45, 2.75) is 90.7 Å². The summed E-state index contributed by atoms with van der Waals surface area (Å²) in [5.74, 6) is 0.0560. The second kappa shape index (κ2) is 9.50. The zero-order valence-corrected chi connectivity index (χ0v) is 21.3. The fourth-order valence-electron chi connectivity index (χ4n) is 7.05. The summed E-state index contributed by atoms with van der Waals surface area (Å²) in [6.45, 7) is 4.24. The van der Waals surface area contributed by atoms with E-state index in [0.29, 0.717) is 12.0 Å². The molecule has 2 saturated carbocycles. The molecule has 0 bridgehead atoms. The third-order valence-electron chi connectivity index (χ3n) is 8.72. The summed E-state index contributed by atoms with van der Waals surface area (Å²) in [6, 6.07) is 4.60. The standard InChI is InChI=1S/C30H36F3NO2/c1-29(2)16-22-25(23(35)17-29)24(18-8-4-3-5-9-18)26(27(34-22)19-10-6-7-11-19)28(36)20-12-14-21(15-13-20)30(31,32)33/h12-15,18-19,24,34H,3-11,16-17H2,1-2H3. The Morgan fingerprint density at radius 1 is 0.917 bits per heavy atom. The fourth-order valence-corrected chi connectivity index (χ4v) is 7.05. The number of benzene rings is 1. The lowest BCUT2D eigenvalue weighted by molar-refractivity contribution is -0.137. The number of Topliss-reactive ketones (excluding diaryl/α,β-unsaturated/α-hetero) is 2. The lowest BCUT2D eigenvalue weighted by Crippen LogP contribution is -2.43. The molecule has 2 fully saturated rings. The van der Waals surface area contributed by atoms with Crippen LogP contribution in [0.4, 0.5) is 13.2 Å². The molecule has 3 aliphatic carbocycles. The molecule has 194 valence electrons. The lowest BCUT2D eigenvalue weighted by Gasteiger charge is -2.44. The number of nitrogens with one attached hydrogen (secondary N) is 1. The van der Waals surface area contributed by atoms with Gasteiger partial charge < -0.3 is 5.32 Å². The van der Waals surface area contributed by atoms with Crippen molar-refractivity contribution in [3.8, 4) is 0 Å². The molecule has 1 aromatic carbocycles. The molecular formula is C30H36F3NO2. The molecule has 4 aliphatic rings. The van der Waals surface area contributed by atoms with Crippen LogP contribution in [0.25, 0.3) is 0 Å². The number of dihydropyridines is 1. The van der Waals surface area contributed by atoms with Crippen molar-refractivity contribution >= 4 is 11.6 Å². The molecule has 1 aliphatic heterocycles. The van der Waals surface area contributed by atoms with Crippen molar-refractivity contribution in [2.75, 3.05) is 0 Å². The van der Waals surface area contributed by atoms with E-state index in [1.807, 2.05) is 0 Å². The molecule has 5 rings (SSSR count). The zero-order valence-electron chi connectivity index (χ0n) is 21.3. The van der Waals surface area contributed by atoms with E-state index in [9.17, 15) is 22.8 Å². The first-order valence-electron chi connectivity index (χ1n) is 13.5. The maximum atomic E-state index is 14.2. The number of carbonyl (C=O) groups excluding carboxylic acids is 2. The average Bonchev–Trinajstić information content (AvgIpc) is 3.37. The van der Waals surface area contributed by atoms with Gasteiger partial charge in [-0.3, -0.25) is 9.59 Å². The fraction of sp³-hybridized carbons (Fsp3) is 0.600. The molecule has 0 aromatic heterocycles. The van der Waals surface area contributed by atoms with E-state index in [-0.39, 0.29) is 40.3 Å². The third kappa shape index (κ3) is 4.80. The number of alkyl halides is 3. The second-order valence-electron chi connectivity index (χ2n) is 12.0. The Hall–Kier alpha value is -2.37. The molecule has 0 radical (unpaired) electrons. The molecule has 1 N–H and O–H groups in total. The van der Waals surface area contributed by atoms with Crippen molar-refractivity contribution in [1.82, 2.24) is 5.32 Å². The normalized spacial score (nSPS) is 25.7. The van der Waals surface area contributed by atoms with Crippen molar-refractivity contribution in [1.29, 1.82) is 0 Å². The zero-order chi connectivity index (χ0) is 25.7. The van der Waals surface area contributed by atoms with Crippen LogP contribution in [0.15, 0.2) is 46.8 Å². The number of halogens is 3. The van der Waals surface area contributed by atoms with Gasteiger partial charge in [-0.1, -0.05) is 58.1 Å². The van der Waals surface area contributed by atoms with Crippen molar-refractivity contribution < 1.29 is 22.8 Å². The quantitative estimate of drug-likeness (QED) is 0.430. The first-order chi connectivity index (χ1) is 17.0. The average molecular weight is 500 g/mol. The van der Waals surface area contributed by atoms with Gasteiger partial charge in [0.1, 0.15) is 0 Å². The highest BCUT2D eigenvalue weighted by Crippen LogP contribution is 2.50. The summed E-state index contributed by atoms with van der Waals surface area (Å²) in [4.78, 5) is 27.8. The van der Waals surface area contributed by atoms with Crippen LogP contribution in [0.3, 0.4) is 0 Å². The topological polar surface area (TPSA) is 46.2 Å². The molecule has 6 heteroatoms. The highest BCUT2D eigenvalue weighted by molar-refractivity contribution is 6.12. The van der Waals surface area contributed by atoms with Crippen molar-refractivity contribution in [2.24, 2.45) is 23.2 Å². The van der Waals surface area contributed by atoms with Gasteiger partial charge in [0, 0.05) is 40.4 Å². The molecule has 1 heterocycles. The lowest BCUT2D eigenvalue weighted by atomic mass is 9.63. The molecule has 0 saturated heterocycles. The third-order valence-corrected chi connectivity index (χ3v) is 8.72. The number of hydrogen-bond donors (Lipinski definition) is 1. The van der Waals surface area contributed by atoms with Gasteiger partial charge in [0.25, 0.3) is 0 Å². The van der Waals surface area contributed by atoms with E-state index in [4.69, 9.17) is 0 Å². The van der Waals surface area contributed by atoms with Crippen LogP contribution >= 0.6 is 0 Å². The van der Waals surface area contributed by atoms with Gasteiger partial charge in [-0.2, -0.15) is 13.2 Å². The number of allylic oxidation sites excluding steroid dienone is 4. The molecule has 1 unspecified atom stereocenters. The second-order valence-corrected chi connectivity index (χ2v) is 12.0. The Balaban J connectivity index is 1.64. The highest BCUT2D eigenvalue weighted by atomic mass is 19.4. The van der Waals surface area contributed by atoms with E-state index < -0.39 is 11.7 Å². The van der Waals surface area contributed by atoms with E-state index in [0.717, 1.165) is 93.3 Å². The molecule has 0 amide bonds. The minimum absolute atomic E-state index is 0.118. The SMILES string of the molecule is CC1(C)CC(=O)C2=C(C1)NC(C1CCCC1)=C(C(=O)c1ccc(C(F)(F)F)cc1)C2C1CCCCC1. The molecule has 36 heavy (non-hydrogen) atoms. The van der Waals surface area contributed by atoms with Gasteiger partial charge in [-0.05, 0) is 61.5 Å². The summed E-state index contributed by atoms with van der Waals surface area (Å²) in [5, 5.41) is 3.63. The van der Waals surface area contributed by atoms with Crippen LogP contribution in [0, 0.1) is 23.2 Å². The van der Waals surface area contributed by atoms with Gasteiger partial charge in [0.05, 0.1) is 5.56 Å². The predicted molar refractivity (Wildman–Crippen MR) is 133 cm³/mol. The van der Waals surface area contributed by atoms with E-state index in [1.165, 1.54) is 12.1 Å². The van der Waals surface area contributed by atoms with Gasteiger partial charge in [0.2, 0.25) is 0 Å². The number of carbonyl (C=O) groups is 2. The first-order valence-corrected chi connectivity index (χ1v) is 13.5. The van der Waals surface area contributed by atoms with Crippen LogP contribution in [-0.4, -0.2) is 11.6 Å².